The third kappa shape index (κ3) is 3.12. The zero-order valence-electron chi connectivity index (χ0n) is 12.1. The number of cyclic esters (lactones) is 1. The van der Waals surface area contributed by atoms with E-state index in [1.807, 2.05) is 43.3 Å². The number of anilines is 1. The van der Waals surface area contributed by atoms with Gasteiger partial charge in [0.1, 0.15) is 6.10 Å². The number of benzene rings is 1. The topological polar surface area (TPSA) is 58.6 Å². The van der Waals surface area contributed by atoms with Crippen molar-refractivity contribution < 1.29 is 14.3 Å². The van der Waals surface area contributed by atoms with Crippen LogP contribution in [0.1, 0.15) is 14.5 Å². The van der Waals surface area contributed by atoms with Gasteiger partial charge in [-0.2, -0.15) is 0 Å². The van der Waals surface area contributed by atoms with E-state index in [9.17, 15) is 9.59 Å². The maximum atomic E-state index is 12.0. The molecule has 114 valence electrons. The molecule has 0 saturated carbocycles. The van der Waals surface area contributed by atoms with Crippen molar-refractivity contribution in [3.63, 3.8) is 0 Å². The first-order valence-electron chi connectivity index (χ1n) is 7.01. The van der Waals surface area contributed by atoms with Gasteiger partial charge in [-0.05, 0) is 31.2 Å². The molecule has 1 fully saturated rings. The van der Waals surface area contributed by atoms with E-state index in [0.717, 1.165) is 10.6 Å². The number of aryl methyl sites for hydroxylation is 1. The third-order valence-corrected chi connectivity index (χ3v) is 4.40. The number of thiophene rings is 1. The minimum atomic E-state index is -0.377. The first-order chi connectivity index (χ1) is 10.6. The molecule has 0 radical (unpaired) electrons. The average molecular weight is 316 g/mol. The predicted octanol–water partition coefficient (Wildman–Crippen LogP) is 2.81. The molecule has 1 saturated heterocycles. The van der Waals surface area contributed by atoms with E-state index in [0.29, 0.717) is 18.0 Å². The van der Waals surface area contributed by atoms with Crippen molar-refractivity contribution in [3.8, 4) is 0 Å². The lowest BCUT2D eigenvalue weighted by Crippen LogP contribution is -2.34. The first-order valence-corrected chi connectivity index (χ1v) is 7.83. The molecule has 0 spiro atoms. The molecule has 1 aliphatic heterocycles. The molecular weight excluding hydrogens is 300 g/mol. The fourth-order valence-electron chi connectivity index (χ4n) is 2.30. The van der Waals surface area contributed by atoms with Crippen molar-refractivity contribution in [3.05, 3.63) is 52.2 Å². The van der Waals surface area contributed by atoms with E-state index < -0.39 is 0 Å². The molecule has 1 aromatic carbocycles. The summed E-state index contributed by atoms with van der Waals surface area (Å²) in [5.74, 6) is -0.132. The maximum absolute atomic E-state index is 12.0. The van der Waals surface area contributed by atoms with Crippen molar-refractivity contribution >= 4 is 29.0 Å². The third-order valence-electron chi connectivity index (χ3n) is 3.40. The summed E-state index contributed by atoms with van der Waals surface area (Å²) in [4.78, 5) is 27.2. The monoisotopic (exact) mass is 316 g/mol. The number of nitrogens with one attached hydrogen (secondary N) is 1. The number of amides is 2. The Morgan fingerprint density at radius 1 is 1.32 bits per heavy atom. The van der Waals surface area contributed by atoms with Gasteiger partial charge in [-0.1, -0.05) is 18.2 Å². The number of ether oxygens (including phenoxy) is 1. The lowest BCUT2D eigenvalue weighted by Gasteiger charge is -2.12. The summed E-state index contributed by atoms with van der Waals surface area (Å²) in [6.07, 6.45) is -0.713. The van der Waals surface area contributed by atoms with Gasteiger partial charge in [0.2, 0.25) is 0 Å². The summed E-state index contributed by atoms with van der Waals surface area (Å²) in [6.45, 7) is 2.70. The minimum absolute atomic E-state index is 0.132. The van der Waals surface area contributed by atoms with Gasteiger partial charge in [-0.25, -0.2) is 4.79 Å². The lowest BCUT2D eigenvalue weighted by molar-refractivity contribution is 0.0920. The fraction of sp³-hybridized carbons (Fsp3) is 0.250. The zero-order chi connectivity index (χ0) is 15.5. The molecule has 1 aromatic heterocycles. The summed E-state index contributed by atoms with van der Waals surface area (Å²) in [5, 5.41) is 2.81. The van der Waals surface area contributed by atoms with Gasteiger partial charge in [0.25, 0.3) is 5.91 Å². The Morgan fingerprint density at radius 3 is 2.77 bits per heavy atom. The lowest BCUT2D eigenvalue weighted by atomic mass is 10.2. The van der Waals surface area contributed by atoms with Gasteiger partial charge < -0.3 is 10.1 Å². The van der Waals surface area contributed by atoms with Gasteiger partial charge in [0.15, 0.2) is 0 Å². The van der Waals surface area contributed by atoms with Crippen LogP contribution in [0.2, 0.25) is 0 Å². The number of carbonyl (C=O) groups excluding carboxylic acids is 2. The summed E-state index contributed by atoms with van der Waals surface area (Å²) < 4.78 is 5.30. The highest BCUT2D eigenvalue weighted by Gasteiger charge is 2.32. The van der Waals surface area contributed by atoms with Crippen LogP contribution in [0.15, 0.2) is 42.5 Å². The van der Waals surface area contributed by atoms with E-state index in [4.69, 9.17) is 4.74 Å². The molecular formula is C16H16N2O3S. The van der Waals surface area contributed by atoms with Crippen LogP contribution in [0.4, 0.5) is 10.5 Å². The molecule has 1 aliphatic rings. The van der Waals surface area contributed by atoms with Crippen LogP contribution in [-0.2, 0) is 4.74 Å². The molecule has 1 atom stereocenters. The largest absolute Gasteiger partial charge is 0.442 e. The van der Waals surface area contributed by atoms with E-state index in [1.54, 1.807) is 11.0 Å². The second-order valence-electron chi connectivity index (χ2n) is 5.07. The van der Waals surface area contributed by atoms with Crippen LogP contribution in [-0.4, -0.2) is 31.2 Å². The van der Waals surface area contributed by atoms with Crippen molar-refractivity contribution in [2.24, 2.45) is 0 Å². The van der Waals surface area contributed by atoms with Gasteiger partial charge in [0.05, 0.1) is 18.0 Å². The highest BCUT2D eigenvalue weighted by atomic mass is 32.1. The highest BCUT2D eigenvalue weighted by molar-refractivity contribution is 7.13. The van der Waals surface area contributed by atoms with Gasteiger partial charge >= 0.3 is 6.09 Å². The van der Waals surface area contributed by atoms with Crippen LogP contribution in [0.3, 0.4) is 0 Å². The average Bonchev–Trinajstić information content (AvgIpc) is 3.12. The highest BCUT2D eigenvalue weighted by Crippen LogP contribution is 2.21. The fourth-order valence-corrected chi connectivity index (χ4v) is 3.08. The van der Waals surface area contributed by atoms with Crippen LogP contribution in [0.5, 0.6) is 0 Å². The molecule has 6 heteroatoms. The van der Waals surface area contributed by atoms with Gasteiger partial charge in [-0.3, -0.25) is 9.69 Å². The molecule has 2 amide bonds. The molecule has 5 nitrogen and oxygen atoms in total. The van der Waals surface area contributed by atoms with E-state index in [-0.39, 0.29) is 18.1 Å². The summed E-state index contributed by atoms with van der Waals surface area (Å²) in [7, 11) is 0. The van der Waals surface area contributed by atoms with Gasteiger partial charge in [-0.15, -0.1) is 11.3 Å². The Kier molecular flexibility index (Phi) is 4.11. The Morgan fingerprint density at radius 2 is 2.09 bits per heavy atom. The second-order valence-corrected chi connectivity index (χ2v) is 6.36. The smallest absolute Gasteiger partial charge is 0.414 e. The predicted molar refractivity (Wildman–Crippen MR) is 85.4 cm³/mol. The molecule has 2 aromatic rings. The molecule has 1 unspecified atom stereocenters. The Bertz CT molecular complexity index is 684. The molecule has 22 heavy (non-hydrogen) atoms. The summed E-state index contributed by atoms with van der Waals surface area (Å²) >= 11 is 1.45. The number of hydrogen-bond donors (Lipinski definition) is 1. The van der Waals surface area contributed by atoms with Crippen LogP contribution in [0, 0.1) is 6.92 Å². The second kappa shape index (κ2) is 6.19. The van der Waals surface area contributed by atoms with Crippen LogP contribution >= 0.6 is 11.3 Å². The number of rotatable bonds is 4. The zero-order valence-corrected chi connectivity index (χ0v) is 12.9. The SMILES string of the molecule is Cc1ccc(C(=O)NCC2CN(c3ccccc3)C(=O)O2)s1. The Balaban J connectivity index is 1.56. The minimum Gasteiger partial charge on any atom is -0.442 e. The summed E-state index contributed by atoms with van der Waals surface area (Å²) in [6, 6.07) is 13.1. The van der Waals surface area contributed by atoms with Crippen LogP contribution < -0.4 is 10.2 Å². The van der Waals surface area contributed by atoms with E-state index >= 15 is 0 Å². The maximum Gasteiger partial charge on any atom is 0.414 e. The number of para-hydroxylation sites is 1. The summed E-state index contributed by atoms with van der Waals surface area (Å²) in [5.41, 5.74) is 0.801. The molecule has 3 rings (SSSR count). The Labute approximate surface area is 132 Å². The van der Waals surface area contributed by atoms with E-state index in [1.165, 1.54) is 11.3 Å². The van der Waals surface area contributed by atoms with Crippen LogP contribution in [0.25, 0.3) is 0 Å². The van der Waals surface area contributed by atoms with E-state index in [2.05, 4.69) is 5.32 Å². The molecule has 0 bridgehead atoms. The number of hydrogen-bond acceptors (Lipinski definition) is 4. The number of nitrogens with zero attached hydrogens (tertiary/aromatic N) is 1. The van der Waals surface area contributed by atoms with Crippen molar-refractivity contribution in [1.82, 2.24) is 5.32 Å². The Hall–Kier alpha value is -2.34. The normalized spacial score (nSPS) is 17.4. The quantitative estimate of drug-likeness (QED) is 0.943. The molecule has 2 heterocycles. The molecule has 1 N–H and O–H groups in total. The molecule has 0 aliphatic carbocycles. The van der Waals surface area contributed by atoms with Crippen molar-refractivity contribution in [2.75, 3.05) is 18.0 Å². The standard InChI is InChI=1S/C16H16N2O3S/c1-11-7-8-14(22-11)15(19)17-9-13-10-18(16(20)21-13)12-5-3-2-4-6-12/h2-8,13H,9-10H2,1H3,(H,17,19). The number of carbonyl (C=O) groups is 2. The van der Waals surface area contributed by atoms with Crippen molar-refractivity contribution in [2.45, 2.75) is 13.0 Å². The van der Waals surface area contributed by atoms with Crippen molar-refractivity contribution in [1.29, 1.82) is 0 Å². The first kappa shape index (κ1) is 14.6. The van der Waals surface area contributed by atoms with Gasteiger partial charge in [0, 0.05) is 10.6 Å².